The van der Waals surface area contributed by atoms with Crippen molar-refractivity contribution in [2.24, 2.45) is 50.7 Å². The molecule has 0 aliphatic heterocycles. The minimum atomic E-state index is -0.388. The zero-order valence-corrected chi connectivity index (χ0v) is 25.3. The molecule has 1 aromatic carbocycles. The first-order valence-corrected chi connectivity index (χ1v) is 15.9. The van der Waals surface area contributed by atoms with Gasteiger partial charge in [-0.1, -0.05) is 96.4 Å². The van der Waals surface area contributed by atoms with Crippen molar-refractivity contribution in [2.75, 3.05) is 0 Å². The smallest absolute Gasteiger partial charge is 0.313 e. The van der Waals surface area contributed by atoms with Crippen LogP contribution in [0.5, 0.6) is 0 Å². The van der Waals surface area contributed by atoms with Gasteiger partial charge < -0.3 is 4.74 Å². The Labute approximate surface area is 236 Å². The van der Waals surface area contributed by atoms with Gasteiger partial charge in [0.15, 0.2) is 0 Å². The van der Waals surface area contributed by atoms with Crippen LogP contribution in [0.25, 0.3) is 0 Å². The number of ketones is 1. The van der Waals surface area contributed by atoms with Gasteiger partial charge in [-0.05, 0) is 90.4 Å². The Morgan fingerprint density at radius 1 is 0.923 bits per heavy atom. The van der Waals surface area contributed by atoms with Crippen LogP contribution in [0.1, 0.15) is 111 Å². The Morgan fingerprint density at radius 2 is 1.67 bits per heavy atom. The topological polar surface area (TPSA) is 43.4 Å². The number of esters is 1. The summed E-state index contributed by atoms with van der Waals surface area (Å²) < 4.78 is 6.14. The molecule has 0 N–H and O–H groups in total. The second kappa shape index (κ2) is 9.05. The molecule has 0 spiro atoms. The molecule has 6 rings (SSSR count). The third kappa shape index (κ3) is 3.66. The zero-order valence-electron chi connectivity index (χ0n) is 25.3. The minimum Gasteiger partial charge on any atom is -0.460 e. The molecule has 0 saturated heterocycles. The molecule has 0 radical (unpaired) electrons. The number of rotatable bonds is 3. The van der Waals surface area contributed by atoms with Crippen LogP contribution in [0.15, 0.2) is 42.0 Å². The second-order valence-electron chi connectivity index (χ2n) is 15.5. The predicted molar refractivity (Wildman–Crippen MR) is 156 cm³/mol. The summed E-state index contributed by atoms with van der Waals surface area (Å²) in [4.78, 5) is 27.1. The van der Waals surface area contributed by atoms with Crippen molar-refractivity contribution in [3.05, 3.63) is 47.5 Å². The fourth-order valence-corrected chi connectivity index (χ4v) is 11.4. The summed E-state index contributed by atoms with van der Waals surface area (Å²) in [6, 6.07) is 10.1. The highest BCUT2D eigenvalue weighted by Gasteiger charge is 2.69. The number of ether oxygens (including phenoxy) is 1. The summed E-state index contributed by atoms with van der Waals surface area (Å²) in [5.74, 6) is 2.34. The van der Waals surface area contributed by atoms with Gasteiger partial charge in [-0.2, -0.15) is 0 Å². The predicted octanol–water partition coefficient (Wildman–Crippen LogP) is 8.71. The molecule has 5 aliphatic rings. The molecular formula is C36H50O3. The van der Waals surface area contributed by atoms with E-state index in [9.17, 15) is 9.59 Å². The molecule has 0 amide bonds. The van der Waals surface area contributed by atoms with E-state index in [1.807, 2.05) is 30.3 Å². The summed E-state index contributed by atoms with van der Waals surface area (Å²) in [5, 5.41) is 0. The van der Waals surface area contributed by atoms with E-state index in [0.29, 0.717) is 30.1 Å². The highest BCUT2D eigenvalue weighted by Crippen LogP contribution is 2.75. The summed E-state index contributed by atoms with van der Waals surface area (Å²) in [6.07, 6.45) is 13.1. The van der Waals surface area contributed by atoms with Gasteiger partial charge in [0.2, 0.25) is 0 Å². The number of fused-ring (bicyclic) bond motifs is 7. The normalized spacial score (nSPS) is 44.7. The van der Waals surface area contributed by atoms with Gasteiger partial charge >= 0.3 is 5.97 Å². The van der Waals surface area contributed by atoms with E-state index in [0.717, 1.165) is 56.9 Å². The van der Waals surface area contributed by atoms with Crippen molar-refractivity contribution >= 4 is 11.8 Å². The summed E-state index contributed by atoms with van der Waals surface area (Å²) in [5.41, 5.74) is 2.52. The van der Waals surface area contributed by atoms with Crippen molar-refractivity contribution in [3.8, 4) is 0 Å². The number of carbonyl (C=O) groups is 2. The first-order valence-electron chi connectivity index (χ1n) is 15.9. The third-order valence-corrected chi connectivity index (χ3v) is 13.7. The van der Waals surface area contributed by atoms with Crippen molar-refractivity contribution < 1.29 is 14.3 Å². The number of Topliss-reactive ketones (excluding diaryl/α,β-unsaturated/α-hetero) is 1. The molecule has 39 heavy (non-hydrogen) atoms. The molecule has 0 bridgehead atoms. The maximum Gasteiger partial charge on any atom is 0.313 e. The van der Waals surface area contributed by atoms with Crippen LogP contribution >= 0.6 is 0 Å². The summed E-state index contributed by atoms with van der Waals surface area (Å²) >= 11 is 0. The van der Waals surface area contributed by atoms with Crippen LogP contribution in [0.4, 0.5) is 0 Å². The number of hydrogen-bond acceptors (Lipinski definition) is 3. The van der Waals surface area contributed by atoms with Crippen LogP contribution in [0.2, 0.25) is 0 Å². The maximum absolute atomic E-state index is 14.1. The summed E-state index contributed by atoms with van der Waals surface area (Å²) in [6.45, 7) is 14.9. The van der Waals surface area contributed by atoms with E-state index in [-0.39, 0.29) is 39.0 Å². The SMILES string of the molecule is C[C@H]1CCC[C@]2(C(=O)OCc3ccccc3)CC[C@]3(C)C(=CC[C@@H]4[C@@]5(C)CCC(=O)C(C)(C)[C@@H]5CC[C@]43C)[C@H]12. The Kier molecular flexibility index (Phi) is 6.33. The number of hydrogen-bond donors (Lipinski definition) is 0. The number of carbonyl (C=O) groups excluding carboxylic acids is 2. The lowest BCUT2D eigenvalue weighted by atomic mass is 9.33. The van der Waals surface area contributed by atoms with Crippen molar-refractivity contribution in [2.45, 2.75) is 112 Å². The molecule has 4 saturated carbocycles. The van der Waals surface area contributed by atoms with Crippen LogP contribution in [-0.2, 0) is 20.9 Å². The maximum atomic E-state index is 14.1. The number of allylic oxidation sites excluding steroid dienone is 2. The molecule has 0 heterocycles. The molecule has 4 fully saturated rings. The Hall–Kier alpha value is -1.90. The van der Waals surface area contributed by atoms with Gasteiger partial charge in [0, 0.05) is 11.8 Å². The largest absolute Gasteiger partial charge is 0.460 e. The first-order chi connectivity index (χ1) is 18.4. The Bertz CT molecular complexity index is 1180. The Balaban J connectivity index is 1.36. The van der Waals surface area contributed by atoms with Crippen LogP contribution in [0, 0.1) is 50.7 Å². The van der Waals surface area contributed by atoms with E-state index in [1.165, 1.54) is 12.8 Å². The van der Waals surface area contributed by atoms with Gasteiger partial charge in [-0.25, -0.2) is 0 Å². The van der Waals surface area contributed by atoms with Crippen molar-refractivity contribution in [1.29, 1.82) is 0 Å². The van der Waals surface area contributed by atoms with Crippen molar-refractivity contribution in [3.63, 3.8) is 0 Å². The van der Waals surface area contributed by atoms with E-state index < -0.39 is 0 Å². The van der Waals surface area contributed by atoms with Gasteiger partial charge in [0.1, 0.15) is 12.4 Å². The van der Waals surface area contributed by atoms with Gasteiger partial charge in [0.25, 0.3) is 0 Å². The number of benzene rings is 1. The first kappa shape index (κ1) is 27.3. The van der Waals surface area contributed by atoms with Gasteiger partial charge in [-0.3, -0.25) is 9.59 Å². The van der Waals surface area contributed by atoms with Gasteiger partial charge in [-0.15, -0.1) is 0 Å². The highest BCUT2D eigenvalue weighted by molar-refractivity contribution is 5.85. The van der Waals surface area contributed by atoms with Crippen molar-refractivity contribution in [1.82, 2.24) is 0 Å². The molecule has 8 atom stereocenters. The molecule has 3 heteroatoms. The molecule has 3 nitrogen and oxygen atoms in total. The molecule has 1 aromatic rings. The van der Waals surface area contributed by atoms with Crippen LogP contribution < -0.4 is 0 Å². The zero-order chi connectivity index (χ0) is 27.8. The average molecular weight is 531 g/mol. The molecule has 212 valence electrons. The standard InChI is InChI=1S/C36H50O3/c1-24-11-10-18-36(31(38)39-23-25-12-8-7-9-13-25)22-21-34(5)26(30(24)36)14-15-28-33(4)19-17-29(37)32(2,3)27(33)16-20-35(28,34)6/h7-9,12-14,24,27-28,30H,10-11,15-23H2,1-6H3/t24-,27-,28+,30-,33-,34+,35+,36-/m0/s1. The molecule has 5 aliphatic carbocycles. The quantitative estimate of drug-likeness (QED) is 0.290. The third-order valence-electron chi connectivity index (χ3n) is 13.7. The lowest BCUT2D eigenvalue weighted by molar-refractivity contribution is -0.191. The molecular weight excluding hydrogens is 480 g/mol. The van der Waals surface area contributed by atoms with Crippen LogP contribution in [0.3, 0.4) is 0 Å². The molecule has 0 aromatic heterocycles. The Morgan fingerprint density at radius 3 is 2.41 bits per heavy atom. The second-order valence-corrected chi connectivity index (χ2v) is 15.5. The average Bonchev–Trinajstić information content (AvgIpc) is 2.90. The fraction of sp³-hybridized carbons (Fsp3) is 0.722. The van der Waals surface area contributed by atoms with E-state index in [1.54, 1.807) is 5.57 Å². The summed E-state index contributed by atoms with van der Waals surface area (Å²) in [7, 11) is 0. The monoisotopic (exact) mass is 530 g/mol. The van der Waals surface area contributed by atoms with Crippen LogP contribution in [-0.4, -0.2) is 11.8 Å². The molecule has 0 unspecified atom stereocenters. The van der Waals surface area contributed by atoms with E-state index >= 15 is 0 Å². The highest BCUT2D eigenvalue weighted by atomic mass is 16.5. The fourth-order valence-electron chi connectivity index (χ4n) is 11.4. The minimum absolute atomic E-state index is 0.0429. The van der Waals surface area contributed by atoms with E-state index in [2.05, 4.69) is 47.6 Å². The lowest BCUT2D eigenvalue weighted by Crippen LogP contribution is -2.64. The lowest BCUT2D eigenvalue weighted by Gasteiger charge is -2.70. The van der Waals surface area contributed by atoms with E-state index in [4.69, 9.17) is 4.74 Å². The van der Waals surface area contributed by atoms with Gasteiger partial charge in [0.05, 0.1) is 5.41 Å².